The summed E-state index contributed by atoms with van der Waals surface area (Å²) in [7, 11) is 0. The molecule has 2 aliphatic heterocycles. The molecule has 1 unspecified atom stereocenters. The predicted octanol–water partition coefficient (Wildman–Crippen LogP) is 4.28. The summed E-state index contributed by atoms with van der Waals surface area (Å²) >= 11 is 1.34. The van der Waals surface area contributed by atoms with Gasteiger partial charge in [-0.15, -0.1) is 18.2 Å². The van der Waals surface area contributed by atoms with Crippen molar-refractivity contribution in [2.75, 3.05) is 5.75 Å². The molecule has 2 aromatic carbocycles. The number of benzene rings is 2. The lowest BCUT2D eigenvalue weighted by Gasteiger charge is -2.14. The Bertz CT molecular complexity index is 1300. The Hall–Kier alpha value is -3.56. The molecule has 3 aromatic rings. The van der Waals surface area contributed by atoms with Crippen molar-refractivity contribution in [3.63, 3.8) is 0 Å². The highest BCUT2D eigenvalue weighted by Gasteiger charge is 2.32. The van der Waals surface area contributed by atoms with Gasteiger partial charge in [-0.05, 0) is 28.3 Å². The monoisotopic (exact) mass is 428 g/mol. The minimum absolute atomic E-state index is 0.313. The van der Waals surface area contributed by atoms with Crippen LogP contribution in [0.2, 0.25) is 0 Å². The highest BCUT2D eigenvalue weighted by molar-refractivity contribution is 7.99. The molecule has 3 heterocycles. The number of terminal acetylenes is 1. The van der Waals surface area contributed by atoms with Gasteiger partial charge in [-0.2, -0.15) is 0 Å². The molecule has 1 aromatic heterocycles. The average Bonchev–Trinajstić information content (AvgIpc) is 3.48. The first kappa shape index (κ1) is 20.7. The zero-order valence-corrected chi connectivity index (χ0v) is 17.5. The Morgan fingerprint density at radius 2 is 2.03 bits per heavy atom. The van der Waals surface area contributed by atoms with E-state index in [0.717, 1.165) is 28.3 Å². The lowest BCUT2D eigenvalue weighted by molar-refractivity contribution is -0.140. The molecule has 0 radical (unpaired) electrons. The van der Waals surface area contributed by atoms with Crippen LogP contribution in [-0.2, 0) is 11.2 Å². The van der Waals surface area contributed by atoms with E-state index in [9.17, 15) is 14.7 Å². The van der Waals surface area contributed by atoms with E-state index in [1.807, 2.05) is 48.7 Å². The number of thioether (sulfide) groups is 1. The molecule has 2 aliphatic rings. The Morgan fingerprint density at radius 1 is 1.23 bits per heavy atom. The van der Waals surface area contributed by atoms with Crippen LogP contribution in [-0.4, -0.2) is 27.6 Å². The van der Waals surface area contributed by atoms with E-state index in [2.05, 4.69) is 17.0 Å². The lowest BCUT2D eigenvalue weighted by Crippen LogP contribution is -2.29. The van der Waals surface area contributed by atoms with Crippen molar-refractivity contribution >= 4 is 34.7 Å². The third-order valence-corrected chi connectivity index (χ3v) is 6.36. The number of carbonyl (C=O) groups is 1. The van der Waals surface area contributed by atoms with Crippen molar-refractivity contribution in [1.29, 1.82) is 0 Å². The number of hydrogen-bond acceptors (Lipinski definition) is 4. The molecular weight excluding hydrogens is 408 g/mol. The third-order valence-electron chi connectivity index (χ3n) is 5.21. The van der Waals surface area contributed by atoms with Gasteiger partial charge in [-0.3, -0.25) is 14.4 Å². The molecular formula is C25H20N2O3S. The number of pyridine rings is 1. The fraction of sp³-hybridized carbons (Fsp3) is 0.160. The maximum atomic E-state index is 12.6. The number of allylic oxidation sites excluding steroid dienone is 1. The number of nitrogens with zero attached hydrogens (tertiary/aromatic N) is 2. The van der Waals surface area contributed by atoms with Crippen LogP contribution in [0.1, 0.15) is 29.2 Å². The van der Waals surface area contributed by atoms with E-state index < -0.39 is 12.0 Å². The van der Waals surface area contributed by atoms with Gasteiger partial charge in [0.1, 0.15) is 6.04 Å². The summed E-state index contributed by atoms with van der Waals surface area (Å²) in [6, 6.07) is 14.8. The van der Waals surface area contributed by atoms with E-state index in [4.69, 9.17) is 6.42 Å². The van der Waals surface area contributed by atoms with Crippen molar-refractivity contribution in [2.45, 2.75) is 23.9 Å². The average molecular weight is 429 g/mol. The highest BCUT2D eigenvalue weighted by Crippen LogP contribution is 2.36. The van der Waals surface area contributed by atoms with Gasteiger partial charge < -0.3 is 5.11 Å². The Balaban J connectivity index is 0.000000407. The summed E-state index contributed by atoms with van der Waals surface area (Å²) < 4.78 is 1.31. The number of aliphatic imine (C=N–C) groups is 1. The maximum absolute atomic E-state index is 12.6. The first-order chi connectivity index (χ1) is 15.1. The molecule has 1 atom stereocenters. The largest absolute Gasteiger partial charge is 0.480 e. The van der Waals surface area contributed by atoms with Crippen LogP contribution in [0.15, 0.2) is 75.6 Å². The number of carboxylic acids is 1. The van der Waals surface area contributed by atoms with Crippen LogP contribution in [0, 0.1) is 12.3 Å². The van der Waals surface area contributed by atoms with Crippen LogP contribution in [0.25, 0.3) is 10.8 Å². The second kappa shape index (κ2) is 9.07. The molecule has 5 nitrogen and oxygen atoms in total. The smallest absolute Gasteiger partial charge is 0.327 e. The fourth-order valence-corrected chi connectivity index (χ4v) is 5.05. The van der Waals surface area contributed by atoms with Gasteiger partial charge in [-0.25, -0.2) is 4.79 Å². The van der Waals surface area contributed by atoms with Crippen LogP contribution in [0.4, 0.5) is 0 Å². The second-order valence-corrected chi connectivity index (χ2v) is 8.14. The van der Waals surface area contributed by atoms with Gasteiger partial charge in [0, 0.05) is 30.7 Å². The molecule has 0 saturated heterocycles. The first-order valence-corrected chi connectivity index (χ1v) is 10.8. The normalized spacial score (nSPS) is 15.9. The van der Waals surface area contributed by atoms with Crippen LogP contribution < -0.4 is 5.56 Å². The quantitative estimate of drug-likeness (QED) is 0.632. The molecule has 154 valence electrons. The van der Waals surface area contributed by atoms with Crippen LogP contribution in [0.3, 0.4) is 0 Å². The summed E-state index contributed by atoms with van der Waals surface area (Å²) in [5, 5.41) is 12.2. The number of aromatic nitrogens is 1. The zero-order valence-electron chi connectivity index (χ0n) is 16.7. The number of hydrogen-bond donors (Lipinski definition) is 1. The molecule has 0 bridgehead atoms. The SMILES string of the molecule is C#Cc1c(Cc2cccc3ccccc23)cc(=O)n2c1SCC2C(=O)O.C1=CN=CC1. The number of aliphatic carboxylic acids is 1. The Labute approximate surface area is 184 Å². The van der Waals surface area contributed by atoms with Crippen molar-refractivity contribution in [1.82, 2.24) is 4.57 Å². The van der Waals surface area contributed by atoms with Gasteiger partial charge in [-0.1, -0.05) is 54.5 Å². The molecule has 0 fully saturated rings. The van der Waals surface area contributed by atoms with E-state index in [1.165, 1.54) is 22.4 Å². The summed E-state index contributed by atoms with van der Waals surface area (Å²) in [4.78, 5) is 27.8. The van der Waals surface area contributed by atoms with Gasteiger partial charge in [0.2, 0.25) is 0 Å². The Kier molecular flexibility index (Phi) is 6.06. The fourth-order valence-electron chi connectivity index (χ4n) is 3.75. The number of carboxylic acid groups (broad SMARTS) is 1. The summed E-state index contributed by atoms with van der Waals surface area (Å²) in [5.74, 6) is 1.98. The van der Waals surface area contributed by atoms with Crippen molar-refractivity contribution in [3.05, 3.63) is 87.9 Å². The van der Waals surface area contributed by atoms with Crippen molar-refractivity contribution < 1.29 is 9.90 Å². The minimum Gasteiger partial charge on any atom is -0.480 e. The van der Waals surface area contributed by atoms with E-state index in [0.29, 0.717) is 22.8 Å². The molecule has 0 amide bonds. The standard InChI is InChI=1S/C21H15NO3S.C4H5N/c1-2-16-15(10-14-8-5-7-13-6-3-4-9-17(13)14)11-19(23)22-18(21(24)25)12-26-20(16)22;1-2-4-5-3-1/h1,3-9,11,18H,10,12H2,(H,24,25);1,3-4H,2H2. The van der Waals surface area contributed by atoms with Crippen LogP contribution >= 0.6 is 11.8 Å². The molecule has 0 spiro atoms. The lowest BCUT2D eigenvalue weighted by atomic mass is 9.96. The van der Waals surface area contributed by atoms with Crippen LogP contribution in [0.5, 0.6) is 0 Å². The highest BCUT2D eigenvalue weighted by atomic mass is 32.2. The molecule has 5 rings (SSSR count). The van der Waals surface area contributed by atoms with Crippen molar-refractivity contribution in [2.24, 2.45) is 4.99 Å². The molecule has 6 heteroatoms. The van der Waals surface area contributed by atoms with Crippen molar-refractivity contribution in [3.8, 4) is 12.3 Å². The zero-order chi connectivity index (χ0) is 21.8. The van der Waals surface area contributed by atoms with Gasteiger partial charge in [0.15, 0.2) is 0 Å². The summed E-state index contributed by atoms with van der Waals surface area (Å²) in [5.41, 5.74) is 2.15. The second-order valence-electron chi connectivity index (χ2n) is 7.13. The molecule has 0 aliphatic carbocycles. The summed E-state index contributed by atoms with van der Waals surface area (Å²) in [6.07, 6.45) is 13.0. The van der Waals surface area contributed by atoms with Gasteiger partial charge >= 0.3 is 5.97 Å². The summed E-state index contributed by atoms with van der Waals surface area (Å²) in [6.45, 7) is 0. The predicted molar refractivity (Wildman–Crippen MR) is 125 cm³/mol. The Morgan fingerprint density at radius 3 is 2.71 bits per heavy atom. The molecule has 0 saturated carbocycles. The number of fused-ring (bicyclic) bond motifs is 2. The topological polar surface area (TPSA) is 71.7 Å². The van der Waals surface area contributed by atoms with E-state index in [1.54, 1.807) is 6.20 Å². The van der Waals surface area contributed by atoms with E-state index in [-0.39, 0.29) is 5.56 Å². The first-order valence-electron chi connectivity index (χ1n) is 9.84. The molecule has 31 heavy (non-hydrogen) atoms. The van der Waals surface area contributed by atoms with E-state index >= 15 is 0 Å². The van der Waals surface area contributed by atoms with Gasteiger partial charge in [0.25, 0.3) is 5.56 Å². The maximum Gasteiger partial charge on any atom is 0.327 e. The molecule has 1 N–H and O–H groups in total. The number of rotatable bonds is 3. The minimum atomic E-state index is -1.01. The van der Waals surface area contributed by atoms with Gasteiger partial charge in [0.05, 0.1) is 10.6 Å². The third kappa shape index (κ3) is 4.18.